The number of aliphatic hydroxyl groups excluding tert-OH is 1. The molecule has 1 saturated heterocycles. The third-order valence-corrected chi connectivity index (χ3v) is 5.23. The van der Waals surface area contributed by atoms with E-state index >= 15 is 0 Å². The monoisotopic (exact) mass is 434 g/mol. The van der Waals surface area contributed by atoms with E-state index in [4.69, 9.17) is 9.26 Å². The van der Waals surface area contributed by atoms with E-state index in [0.717, 1.165) is 36.2 Å². The van der Waals surface area contributed by atoms with Gasteiger partial charge in [0.15, 0.2) is 5.76 Å². The summed E-state index contributed by atoms with van der Waals surface area (Å²) in [6, 6.07) is 9.71. The zero-order valence-corrected chi connectivity index (χ0v) is 18.0. The van der Waals surface area contributed by atoms with Crippen molar-refractivity contribution in [2.24, 2.45) is 0 Å². The molecule has 1 fully saturated rings. The van der Waals surface area contributed by atoms with Crippen LogP contribution in [0.1, 0.15) is 43.0 Å². The van der Waals surface area contributed by atoms with E-state index in [0.29, 0.717) is 31.3 Å². The van der Waals surface area contributed by atoms with Gasteiger partial charge in [-0.2, -0.15) is 0 Å². The molecule has 3 heterocycles. The summed E-state index contributed by atoms with van der Waals surface area (Å²) in [5.41, 5.74) is 2.60. The molecule has 1 aliphatic heterocycles. The van der Waals surface area contributed by atoms with Gasteiger partial charge >= 0.3 is 0 Å². The number of carbonyl (C=O) groups excluding carboxylic acids is 1. The van der Waals surface area contributed by atoms with Crippen LogP contribution in [0.5, 0.6) is 0 Å². The number of aromatic nitrogens is 3. The fraction of sp³-hybridized carbons (Fsp3) is 0.375. The van der Waals surface area contributed by atoms with Crippen LogP contribution in [-0.2, 0) is 16.1 Å². The number of morpholine rings is 1. The van der Waals surface area contributed by atoms with Crippen LogP contribution in [0, 0.1) is 11.8 Å². The standard InChI is InChI=1S/C24H26N4O4/c1-18(29)24-25-10-12-28(24)16-21-15-22(32-26-21)20-8-6-19(7-9-20)5-3-2-4-11-27-13-14-31-17-23(27)30/h6-10,12,15,18,29H,2,4,11,13-14,16-17H2,1H3/t18-/m0/s1. The van der Waals surface area contributed by atoms with Crippen molar-refractivity contribution >= 4 is 5.91 Å². The number of hydrogen-bond donors (Lipinski definition) is 1. The van der Waals surface area contributed by atoms with Crippen molar-refractivity contribution in [1.29, 1.82) is 0 Å². The third-order valence-electron chi connectivity index (χ3n) is 5.23. The van der Waals surface area contributed by atoms with Gasteiger partial charge in [-0.25, -0.2) is 4.98 Å². The smallest absolute Gasteiger partial charge is 0.248 e. The van der Waals surface area contributed by atoms with Crippen LogP contribution in [0.25, 0.3) is 11.3 Å². The van der Waals surface area contributed by atoms with Gasteiger partial charge in [-0.15, -0.1) is 0 Å². The lowest BCUT2D eigenvalue weighted by atomic mass is 10.1. The van der Waals surface area contributed by atoms with Crippen LogP contribution in [0.4, 0.5) is 0 Å². The Morgan fingerprint density at radius 3 is 2.91 bits per heavy atom. The summed E-state index contributed by atoms with van der Waals surface area (Å²) in [6.45, 7) is 4.36. The number of unbranched alkanes of at least 4 members (excludes halogenated alkanes) is 1. The predicted octanol–water partition coefficient (Wildman–Crippen LogP) is 2.63. The molecule has 0 aliphatic carbocycles. The van der Waals surface area contributed by atoms with Crippen molar-refractivity contribution < 1.29 is 19.2 Å². The minimum absolute atomic E-state index is 0.0591. The molecule has 0 saturated carbocycles. The minimum Gasteiger partial charge on any atom is -0.385 e. The van der Waals surface area contributed by atoms with Crippen LogP contribution in [-0.4, -0.2) is 56.9 Å². The average molecular weight is 434 g/mol. The molecule has 1 aliphatic rings. The van der Waals surface area contributed by atoms with Crippen LogP contribution in [0.15, 0.2) is 47.2 Å². The van der Waals surface area contributed by atoms with Crippen LogP contribution in [0.3, 0.4) is 0 Å². The topological polar surface area (TPSA) is 93.6 Å². The molecule has 0 bridgehead atoms. The minimum atomic E-state index is -0.646. The van der Waals surface area contributed by atoms with Crippen LogP contribution in [0.2, 0.25) is 0 Å². The van der Waals surface area contributed by atoms with E-state index in [-0.39, 0.29) is 12.5 Å². The lowest BCUT2D eigenvalue weighted by molar-refractivity contribution is -0.142. The average Bonchev–Trinajstić information content (AvgIpc) is 3.45. The third kappa shape index (κ3) is 5.44. The summed E-state index contributed by atoms with van der Waals surface area (Å²) in [4.78, 5) is 17.7. The molecule has 1 amide bonds. The molecule has 2 aromatic heterocycles. The normalized spacial score (nSPS) is 14.8. The van der Waals surface area contributed by atoms with E-state index in [1.54, 1.807) is 13.1 Å². The van der Waals surface area contributed by atoms with Gasteiger partial charge in [0.05, 0.1) is 13.2 Å². The molecule has 0 spiro atoms. The van der Waals surface area contributed by atoms with Gasteiger partial charge in [0.25, 0.3) is 0 Å². The van der Waals surface area contributed by atoms with Gasteiger partial charge in [0.2, 0.25) is 5.91 Å². The Labute approximate surface area is 186 Å². The molecule has 32 heavy (non-hydrogen) atoms. The fourth-order valence-electron chi connectivity index (χ4n) is 3.55. The molecule has 8 heteroatoms. The van der Waals surface area contributed by atoms with Gasteiger partial charge < -0.3 is 23.8 Å². The molecule has 1 N–H and O–H groups in total. The van der Waals surface area contributed by atoms with Crippen molar-refractivity contribution in [3.8, 4) is 23.2 Å². The molecule has 3 aromatic rings. The van der Waals surface area contributed by atoms with Crippen molar-refractivity contribution in [2.45, 2.75) is 32.4 Å². The molecule has 4 rings (SSSR count). The predicted molar refractivity (Wildman–Crippen MR) is 117 cm³/mol. The largest absolute Gasteiger partial charge is 0.385 e. The Morgan fingerprint density at radius 2 is 2.12 bits per heavy atom. The number of imidazole rings is 1. The number of hydrogen-bond acceptors (Lipinski definition) is 6. The Hall–Kier alpha value is -3.41. The number of carbonyl (C=O) groups is 1. The highest BCUT2D eigenvalue weighted by atomic mass is 16.5. The summed E-state index contributed by atoms with van der Waals surface area (Å²) < 4.78 is 12.5. The summed E-state index contributed by atoms with van der Waals surface area (Å²) >= 11 is 0. The second-order valence-corrected chi connectivity index (χ2v) is 7.69. The van der Waals surface area contributed by atoms with Gasteiger partial charge in [-0.05, 0) is 37.6 Å². The molecule has 1 aromatic carbocycles. The van der Waals surface area contributed by atoms with Gasteiger partial charge in [0.1, 0.15) is 24.2 Å². The number of ether oxygens (including phenoxy) is 1. The molecular weight excluding hydrogens is 408 g/mol. The molecule has 0 unspecified atom stereocenters. The second-order valence-electron chi connectivity index (χ2n) is 7.69. The van der Waals surface area contributed by atoms with Gasteiger partial charge in [0, 0.05) is 49.1 Å². The summed E-state index contributed by atoms with van der Waals surface area (Å²) in [6.07, 6.45) is 4.41. The first-order valence-corrected chi connectivity index (χ1v) is 10.7. The highest BCUT2D eigenvalue weighted by Crippen LogP contribution is 2.22. The van der Waals surface area contributed by atoms with E-state index in [9.17, 15) is 9.90 Å². The maximum atomic E-state index is 11.7. The molecule has 1 atom stereocenters. The van der Waals surface area contributed by atoms with E-state index in [1.165, 1.54) is 0 Å². The first kappa shape index (κ1) is 21.8. The maximum absolute atomic E-state index is 11.7. The van der Waals surface area contributed by atoms with Crippen molar-refractivity contribution in [3.63, 3.8) is 0 Å². The number of amides is 1. The summed E-state index contributed by atoms with van der Waals surface area (Å²) in [5.74, 6) is 7.67. The Morgan fingerprint density at radius 1 is 1.28 bits per heavy atom. The van der Waals surface area contributed by atoms with Crippen LogP contribution < -0.4 is 0 Å². The van der Waals surface area contributed by atoms with E-state index in [1.807, 2.05) is 46.0 Å². The van der Waals surface area contributed by atoms with Crippen LogP contribution >= 0.6 is 0 Å². The second kappa shape index (κ2) is 10.3. The van der Waals surface area contributed by atoms with E-state index < -0.39 is 6.10 Å². The number of rotatable bonds is 7. The number of aliphatic hydroxyl groups is 1. The molecule has 166 valence electrons. The lowest BCUT2D eigenvalue weighted by Crippen LogP contribution is -2.41. The quantitative estimate of drug-likeness (QED) is 0.454. The van der Waals surface area contributed by atoms with Crippen molar-refractivity contribution in [1.82, 2.24) is 19.6 Å². The fourth-order valence-corrected chi connectivity index (χ4v) is 3.55. The SMILES string of the molecule is C[C@H](O)c1nccn1Cc1cc(-c2ccc(C#CCCCN3CCOCC3=O)cc2)on1. The van der Waals surface area contributed by atoms with E-state index in [2.05, 4.69) is 22.0 Å². The van der Waals surface area contributed by atoms with Crippen molar-refractivity contribution in [2.75, 3.05) is 26.3 Å². The first-order valence-electron chi connectivity index (χ1n) is 10.7. The number of nitrogens with zero attached hydrogens (tertiary/aromatic N) is 4. The Kier molecular flexibility index (Phi) is 7.00. The zero-order valence-electron chi connectivity index (χ0n) is 18.0. The number of benzene rings is 1. The molecule has 8 nitrogen and oxygen atoms in total. The first-order chi connectivity index (χ1) is 15.6. The maximum Gasteiger partial charge on any atom is 0.248 e. The Bertz CT molecular complexity index is 1100. The Balaban J connectivity index is 1.30. The zero-order chi connectivity index (χ0) is 22.3. The highest BCUT2D eigenvalue weighted by Gasteiger charge is 2.17. The van der Waals surface area contributed by atoms with Crippen molar-refractivity contribution in [3.05, 3.63) is 59.8 Å². The summed E-state index contributed by atoms with van der Waals surface area (Å²) in [7, 11) is 0. The lowest BCUT2D eigenvalue weighted by Gasteiger charge is -2.26. The highest BCUT2D eigenvalue weighted by molar-refractivity contribution is 5.77. The molecular formula is C24H26N4O4. The summed E-state index contributed by atoms with van der Waals surface area (Å²) in [5, 5.41) is 13.9. The molecule has 0 radical (unpaired) electrons. The van der Waals surface area contributed by atoms with Gasteiger partial charge in [-0.1, -0.05) is 17.0 Å². The van der Waals surface area contributed by atoms with Gasteiger partial charge in [-0.3, -0.25) is 4.79 Å².